The van der Waals surface area contributed by atoms with Crippen molar-refractivity contribution in [3.05, 3.63) is 95.4 Å². The molecule has 3 aromatic carbocycles. The summed E-state index contributed by atoms with van der Waals surface area (Å²) >= 11 is 1.22. The third kappa shape index (κ3) is 3.80. The van der Waals surface area contributed by atoms with E-state index in [1.54, 1.807) is 24.3 Å². The molecule has 150 valence electrons. The number of amides is 2. The van der Waals surface area contributed by atoms with Gasteiger partial charge >= 0.3 is 0 Å². The summed E-state index contributed by atoms with van der Waals surface area (Å²) in [6.45, 7) is 0. The van der Waals surface area contributed by atoms with E-state index in [0.717, 1.165) is 9.80 Å². The molecule has 0 saturated heterocycles. The number of anilines is 1. The lowest BCUT2D eigenvalue weighted by Crippen LogP contribution is -2.31. The average Bonchev–Trinajstić information content (AvgIpc) is 2.98. The Morgan fingerprint density at radius 3 is 1.87 bits per heavy atom. The van der Waals surface area contributed by atoms with Crippen LogP contribution in [0.1, 0.15) is 5.56 Å². The molecule has 0 aromatic heterocycles. The van der Waals surface area contributed by atoms with Gasteiger partial charge in [0.25, 0.3) is 11.8 Å². The van der Waals surface area contributed by atoms with Gasteiger partial charge in [-0.15, -0.1) is 0 Å². The molecule has 2 amide bonds. The van der Waals surface area contributed by atoms with Gasteiger partial charge in [0.1, 0.15) is 0 Å². The highest BCUT2D eigenvalue weighted by Gasteiger charge is 2.40. The summed E-state index contributed by atoms with van der Waals surface area (Å²) in [5.41, 5.74) is 1.22. The number of nitrogens with two attached hydrogens (primary N) is 1. The number of hydrogen-bond donors (Lipinski definition) is 1. The van der Waals surface area contributed by atoms with Crippen molar-refractivity contribution in [3.8, 4) is 0 Å². The summed E-state index contributed by atoms with van der Waals surface area (Å²) < 4.78 is 23.0. The first-order valence-electron chi connectivity index (χ1n) is 8.90. The molecule has 0 fully saturated rings. The van der Waals surface area contributed by atoms with Gasteiger partial charge in [0.2, 0.25) is 10.0 Å². The fourth-order valence-corrected chi connectivity index (χ4v) is 4.62. The van der Waals surface area contributed by atoms with E-state index in [9.17, 15) is 18.0 Å². The number of sulfonamides is 1. The fraction of sp³-hybridized carbons (Fsp3) is 0. The quantitative estimate of drug-likeness (QED) is 0.618. The van der Waals surface area contributed by atoms with Crippen molar-refractivity contribution in [3.63, 3.8) is 0 Å². The molecule has 2 N–H and O–H groups in total. The molecular weight excluding hydrogens is 420 g/mol. The Balaban J connectivity index is 1.78. The van der Waals surface area contributed by atoms with Gasteiger partial charge in [-0.2, -0.15) is 0 Å². The van der Waals surface area contributed by atoms with Crippen LogP contribution in [0.15, 0.2) is 99.6 Å². The number of carbonyl (C=O) groups is 2. The lowest BCUT2D eigenvalue weighted by atomic mass is 10.1. The summed E-state index contributed by atoms with van der Waals surface area (Å²) in [4.78, 5) is 28.7. The Kier molecular flexibility index (Phi) is 5.29. The van der Waals surface area contributed by atoms with Crippen molar-refractivity contribution in [2.75, 3.05) is 4.90 Å². The Morgan fingerprint density at radius 1 is 0.733 bits per heavy atom. The maximum atomic E-state index is 13.3. The molecule has 1 aliphatic rings. The molecule has 0 aliphatic carbocycles. The van der Waals surface area contributed by atoms with Gasteiger partial charge in [-0.05, 0) is 42.0 Å². The van der Waals surface area contributed by atoms with Crippen molar-refractivity contribution in [1.82, 2.24) is 0 Å². The van der Waals surface area contributed by atoms with Crippen LogP contribution in [0.25, 0.3) is 5.57 Å². The SMILES string of the molecule is NS(=O)(=O)c1ccc(N2C(=O)C(Sc3ccccc3)=C(c3ccccc3)C2=O)cc1. The topological polar surface area (TPSA) is 97.5 Å². The summed E-state index contributed by atoms with van der Waals surface area (Å²) in [6.07, 6.45) is 0. The van der Waals surface area contributed by atoms with Crippen LogP contribution in [0.5, 0.6) is 0 Å². The van der Waals surface area contributed by atoms with Crippen LogP contribution in [-0.2, 0) is 19.6 Å². The van der Waals surface area contributed by atoms with Gasteiger partial charge in [0.15, 0.2) is 0 Å². The van der Waals surface area contributed by atoms with Gasteiger partial charge < -0.3 is 0 Å². The number of benzene rings is 3. The highest BCUT2D eigenvalue weighted by molar-refractivity contribution is 8.04. The van der Waals surface area contributed by atoms with Crippen LogP contribution in [-0.4, -0.2) is 20.2 Å². The highest BCUT2D eigenvalue weighted by atomic mass is 32.2. The zero-order valence-corrected chi connectivity index (χ0v) is 17.2. The number of rotatable bonds is 5. The first-order valence-corrected chi connectivity index (χ1v) is 11.3. The molecule has 8 heteroatoms. The second-order valence-electron chi connectivity index (χ2n) is 6.47. The second-order valence-corrected chi connectivity index (χ2v) is 9.12. The number of hydrogen-bond acceptors (Lipinski definition) is 5. The first kappa shape index (κ1) is 20.1. The molecule has 0 atom stereocenters. The Bertz CT molecular complexity index is 1250. The maximum absolute atomic E-state index is 13.3. The van der Waals surface area contributed by atoms with Crippen LogP contribution in [0, 0.1) is 0 Å². The summed E-state index contributed by atoms with van der Waals surface area (Å²) in [7, 11) is -3.88. The van der Waals surface area contributed by atoms with Gasteiger partial charge in [0, 0.05) is 4.90 Å². The van der Waals surface area contributed by atoms with Crippen molar-refractivity contribution >= 4 is 44.9 Å². The van der Waals surface area contributed by atoms with Crippen LogP contribution < -0.4 is 10.0 Å². The molecule has 0 spiro atoms. The molecule has 0 unspecified atom stereocenters. The molecule has 1 aliphatic heterocycles. The van der Waals surface area contributed by atoms with Gasteiger partial charge in [-0.3, -0.25) is 9.59 Å². The predicted molar refractivity (Wildman–Crippen MR) is 116 cm³/mol. The van der Waals surface area contributed by atoms with Crippen LogP contribution in [0.2, 0.25) is 0 Å². The number of thioether (sulfide) groups is 1. The van der Waals surface area contributed by atoms with Crippen LogP contribution in [0.3, 0.4) is 0 Å². The largest absolute Gasteiger partial charge is 0.272 e. The second kappa shape index (κ2) is 7.91. The lowest BCUT2D eigenvalue weighted by molar-refractivity contribution is -0.119. The predicted octanol–water partition coefficient (Wildman–Crippen LogP) is 3.41. The minimum Gasteiger partial charge on any atom is -0.268 e. The number of carbonyl (C=O) groups excluding carboxylic acids is 2. The monoisotopic (exact) mass is 436 g/mol. The summed E-state index contributed by atoms with van der Waals surface area (Å²) in [6, 6.07) is 23.6. The third-order valence-corrected chi connectivity index (χ3v) is 6.51. The number of nitrogens with zero attached hydrogens (tertiary/aromatic N) is 1. The molecule has 1 heterocycles. The Labute approximate surface area is 178 Å². The maximum Gasteiger partial charge on any atom is 0.272 e. The molecule has 6 nitrogen and oxygen atoms in total. The van der Waals surface area contributed by atoms with E-state index in [1.165, 1.54) is 36.0 Å². The smallest absolute Gasteiger partial charge is 0.268 e. The third-order valence-electron chi connectivity index (χ3n) is 4.49. The number of imide groups is 1. The Morgan fingerprint density at radius 2 is 1.30 bits per heavy atom. The van der Waals surface area contributed by atoms with Crippen LogP contribution in [0.4, 0.5) is 5.69 Å². The van der Waals surface area contributed by atoms with Crippen molar-refractivity contribution < 1.29 is 18.0 Å². The molecule has 3 aromatic rings. The van der Waals surface area contributed by atoms with Crippen molar-refractivity contribution in [1.29, 1.82) is 0 Å². The van der Waals surface area contributed by atoms with E-state index in [0.29, 0.717) is 16.0 Å². The summed E-state index contributed by atoms with van der Waals surface area (Å²) in [5.74, 6) is -0.927. The number of primary sulfonamides is 1. The van der Waals surface area contributed by atoms with E-state index in [4.69, 9.17) is 5.14 Å². The molecule has 30 heavy (non-hydrogen) atoms. The standard InChI is InChI=1S/C22H16N2O4S2/c23-30(27,28)18-13-11-16(12-14-18)24-21(25)19(15-7-3-1-4-8-15)20(22(24)26)29-17-9-5-2-6-10-17/h1-14H,(H2,23,27,28). The molecule has 0 bridgehead atoms. The first-order chi connectivity index (χ1) is 14.4. The van der Waals surface area contributed by atoms with Gasteiger partial charge in [-0.25, -0.2) is 18.5 Å². The minimum atomic E-state index is -3.88. The molecular formula is C22H16N2O4S2. The Hall–Kier alpha value is -3.20. The van der Waals surface area contributed by atoms with E-state index < -0.39 is 21.8 Å². The fourth-order valence-electron chi connectivity index (χ4n) is 3.09. The zero-order valence-electron chi connectivity index (χ0n) is 15.6. The van der Waals surface area contributed by atoms with Crippen molar-refractivity contribution in [2.24, 2.45) is 5.14 Å². The van der Waals surface area contributed by atoms with Crippen LogP contribution >= 0.6 is 11.8 Å². The molecule has 0 saturated carbocycles. The lowest BCUT2D eigenvalue weighted by Gasteiger charge is -2.15. The van der Waals surface area contributed by atoms with Crippen molar-refractivity contribution in [2.45, 2.75) is 9.79 Å². The summed E-state index contributed by atoms with van der Waals surface area (Å²) in [5, 5.41) is 5.13. The minimum absolute atomic E-state index is 0.0968. The molecule has 0 radical (unpaired) electrons. The van der Waals surface area contributed by atoms with Gasteiger partial charge in [0.05, 0.1) is 21.1 Å². The van der Waals surface area contributed by atoms with Gasteiger partial charge in [-0.1, -0.05) is 60.3 Å². The van der Waals surface area contributed by atoms with E-state index in [-0.39, 0.29) is 10.6 Å². The normalized spacial score (nSPS) is 14.5. The highest BCUT2D eigenvalue weighted by Crippen LogP contribution is 2.41. The average molecular weight is 437 g/mol. The van der Waals surface area contributed by atoms with E-state index >= 15 is 0 Å². The van der Waals surface area contributed by atoms with E-state index in [1.807, 2.05) is 36.4 Å². The zero-order chi connectivity index (χ0) is 21.3. The molecule has 4 rings (SSSR count). The van der Waals surface area contributed by atoms with E-state index in [2.05, 4.69) is 0 Å².